The Bertz CT molecular complexity index is 1220. The predicted molar refractivity (Wildman–Crippen MR) is 134 cm³/mol. The molecule has 3 aromatic rings. The second-order valence-electron chi connectivity index (χ2n) is 7.91. The summed E-state index contributed by atoms with van der Waals surface area (Å²) in [5.41, 5.74) is 1.33. The van der Waals surface area contributed by atoms with Crippen LogP contribution < -0.4 is 20.3 Å². The summed E-state index contributed by atoms with van der Waals surface area (Å²) in [5, 5.41) is 7.53. The van der Waals surface area contributed by atoms with Crippen molar-refractivity contribution in [2.75, 3.05) is 10.2 Å². The molecule has 1 saturated heterocycles. The fraction of sp³-hybridized carbons (Fsp3) is 0.167. The van der Waals surface area contributed by atoms with Gasteiger partial charge in [-0.05, 0) is 67.7 Å². The van der Waals surface area contributed by atoms with Crippen molar-refractivity contribution in [2.24, 2.45) is 5.92 Å². The first kappa shape index (κ1) is 21.2. The molecule has 2 heterocycles. The van der Waals surface area contributed by atoms with Crippen LogP contribution in [0.25, 0.3) is 0 Å². The number of carbonyl (C=O) groups excluding carboxylic acids is 1. The Kier molecular flexibility index (Phi) is 5.35. The highest BCUT2D eigenvalue weighted by molar-refractivity contribution is 9.10. The second-order valence-corrected chi connectivity index (χ2v) is 9.65. The molecule has 0 saturated carbocycles. The minimum absolute atomic E-state index is 0.177. The van der Waals surface area contributed by atoms with Crippen LogP contribution in [0.2, 0.25) is 5.02 Å². The van der Waals surface area contributed by atoms with Crippen molar-refractivity contribution in [1.29, 1.82) is 0 Å². The zero-order chi connectivity index (χ0) is 22.5. The van der Waals surface area contributed by atoms with Crippen LogP contribution in [0.15, 0.2) is 77.3 Å². The summed E-state index contributed by atoms with van der Waals surface area (Å²) >= 11 is 15.3. The number of benzene rings is 3. The van der Waals surface area contributed by atoms with Gasteiger partial charge in [-0.25, -0.2) is 0 Å². The minimum Gasteiger partial charge on any atom is -0.467 e. The second kappa shape index (κ2) is 8.06. The van der Waals surface area contributed by atoms with E-state index in [1.54, 1.807) is 24.3 Å². The van der Waals surface area contributed by atoms with Crippen molar-refractivity contribution in [3.63, 3.8) is 0 Å². The summed E-state index contributed by atoms with van der Waals surface area (Å²) in [6, 6.07) is 22.2. The number of ether oxygens (including phenoxy) is 1. The molecule has 5 rings (SSSR count). The van der Waals surface area contributed by atoms with Gasteiger partial charge < -0.3 is 15.4 Å². The van der Waals surface area contributed by atoms with E-state index in [1.165, 1.54) is 0 Å². The summed E-state index contributed by atoms with van der Waals surface area (Å²) in [4.78, 5) is 15.6. The highest BCUT2D eigenvalue weighted by Gasteiger charge is 2.59. The lowest BCUT2D eigenvalue weighted by atomic mass is 9.78. The van der Waals surface area contributed by atoms with E-state index in [0.29, 0.717) is 15.8 Å². The number of amides is 1. The number of hydrogen-bond acceptors (Lipinski definition) is 3. The Balaban J connectivity index is 1.61. The summed E-state index contributed by atoms with van der Waals surface area (Å²) in [7, 11) is 0. The van der Waals surface area contributed by atoms with E-state index in [0.717, 1.165) is 21.5 Å². The molecule has 0 aromatic heterocycles. The van der Waals surface area contributed by atoms with Gasteiger partial charge in [0.1, 0.15) is 11.7 Å². The van der Waals surface area contributed by atoms with Gasteiger partial charge in [0.25, 0.3) is 0 Å². The first-order chi connectivity index (χ1) is 15.4. The maximum absolute atomic E-state index is 13.7. The van der Waals surface area contributed by atoms with Gasteiger partial charge in [0, 0.05) is 26.4 Å². The van der Waals surface area contributed by atoms with Crippen LogP contribution in [0.5, 0.6) is 5.75 Å². The number of fused-ring (bicyclic) bond motifs is 4. The quantitative estimate of drug-likeness (QED) is 0.415. The van der Waals surface area contributed by atoms with Gasteiger partial charge in [-0.15, -0.1) is 0 Å². The summed E-state index contributed by atoms with van der Waals surface area (Å²) in [5.74, 6) is -0.0476. The molecular formula is C24H19BrClN3O2S. The number of halogens is 2. The fourth-order valence-corrected chi connectivity index (χ4v) is 5.41. The van der Waals surface area contributed by atoms with E-state index in [4.69, 9.17) is 28.6 Å². The Labute approximate surface area is 204 Å². The Morgan fingerprint density at radius 1 is 1.16 bits per heavy atom. The molecule has 8 heteroatoms. The van der Waals surface area contributed by atoms with E-state index >= 15 is 0 Å². The molecule has 2 N–H and O–H groups in total. The topological polar surface area (TPSA) is 53.6 Å². The number of anilines is 2. The average Bonchev–Trinajstić information content (AvgIpc) is 2.74. The molecule has 0 spiro atoms. The zero-order valence-electron chi connectivity index (χ0n) is 17.0. The molecule has 1 amide bonds. The smallest absolute Gasteiger partial charge is 0.236 e. The van der Waals surface area contributed by atoms with Crippen LogP contribution in [0.3, 0.4) is 0 Å². The van der Waals surface area contributed by atoms with E-state index in [9.17, 15) is 4.79 Å². The van der Waals surface area contributed by atoms with Gasteiger partial charge in [-0.2, -0.15) is 0 Å². The molecule has 1 fully saturated rings. The number of nitrogens with one attached hydrogen (secondary N) is 2. The number of hydrogen-bond donors (Lipinski definition) is 2. The molecule has 3 atom stereocenters. The Morgan fingerprint density at radius 2 is 1.91 bits per heavy atom. The molecule has 3 aromatic carbocycles. The van der Waals surface area contributed by atoms with Gasteiger partial charge in [-0.3, -0.25) is 9.69 Å². The van der Waals surface area contributed by atoms with Gasteiger partial charge >= 0.3 is 0 Å². The van der Waals surface area contributed by atoms with E-state index in [1.807, 2.05) is 60.4 Å². The maximum Gasteiger partial charge on any atom is 0.236 e. The summed E-state index contributed by atoms with van der Waals surface area (Å²) < 4.78 is 7.46. The molecule has 2 aliphatic rings. The van der Waals surface area contributed by atoms with Crippen LogP contribution in [0, 0.1) is 5.92 Å². The third-order valence-electron chi connectivity index (χ3n) is 5.87. The normalized spacial score (nSPS) is 23.6. The zero-order valence-corrected chi connectivity index (χ0v) is 20.2. The largest absolute Gasteiger partial charge is 0.467 e. The molecule has 32 heavy (non-hydrogen) atoms. The Morgan fingerprint density at radius 3 is 2.66 bits per heavy atom. The number of para-hydroxylation sites is 1. The molecule has 2 aliphatic heterocycles. The lowest BCUT2D eigenvalue weighted by Gasteiger charge is -2.56. The monoisotopic (exact) mass is 527 g/mol. The fourth-order valence-electron chi connectivity index (χ4n) is 4.49. The number of nitrogens with zero attached hydrogens (tertiary/aromatic N) is 1. The van der Waals surface area contributed by atoms with Gasteiger partial charge in [0.15, 0.2) is 10.8 Å². The first-order valence-corrected chi connectivity index (χ1v) is 11.7. The molecule has 0 radical (unpaired) electrons. The van der Waals surface area contributed by atoms with Gasteiger partial charge in [-0.1, -0.05) is 51.8 Å². The van der Waals surface area contributed by atoms with Crippen LogP contribution in [0.1, 0.15) is 18.5 Å². The lowest BCUT2D eigenvalue weighted by Crippen LogP contribution is -2.72. The van der Waals surface area contributed by atoms with Crippen LogP contribution >= 0.6 is 39.7 Å². The predicted octanol–water partition coefficient (Wildman–Crippen LogP) is 5.90. The van der Waals surface area contributed by atoms with Crippen LogP contribution in [0.4, 0.5) is 11.4 Å². The van der Waals surface area contributed by atoms with Crippen molar-refractivity contribution in [1.82, 2.24) is 5.32 Å². The van der Waals surface area contributed by atoms with Crippen molar-refractivity contribution < 1.29 is 9.53 Å². The lowest BCUT2D eigenvalue weighted by molar-refractivity contribution is -0.130. The first-order valence-electron chi connectivity index (χ1n) is 10.1. The number of thiocarbonyl (C=S) groups is 1. The molecule has 5 nitrogen and oxygen atoms in total. The van der Waals surface area contributed by atoms with E-state index in [2.05, 4.69) is 26.6 Å². The summed E-state index contributed by atoms with van der Waals surface area (Å²) in [6.07, 6.45) is 0. The third-order valence-corrected chi connectivity index (χ3v) is 6.91. The van der Waals surface area contributed by atoms with Crippen molar-refractivity contribution in [3.8, 4) is 5.75 Å². The third kappa shape index (κ3) is 3.54. The van der Waals surface area contributed by atoms with Crippen molar-refractivity contribution in [3.05, 3.63) is 87.9 Å². The maximum atomic E-state index is 13.7. The highest BCUT2D eigenvalue weighted by atomic mass is 79.9. The molecule has 162 valence electrons. The van der Waals surface area contributed by atoms with Crippen molar-refractivity contribution in [2.45, 2.75) is 18.7 Å². The highest BCUT2D eigenvalue weighted by Crippen LogP contribution is 2.49. The molecule has 0 aliphatic carbocycles. The van der Waals surface area contributed by atoms with E-state index < -0.39 is 11.6 Å². The minimum atomic E-state index is -1.06. The molecule has 2 bridgehead atoms. The SMILES string of the molecule is C[C@]12Oc3ccccc3[C@@H](NC(=S)N1c1cccc(Br)c1)[C@@H]2C(=O)Nc1ccc(Cl)cc1. The average molecular weight is 529 g/mol. The number of carbonyl (C=O) groups is 1. The van der Waals surface area contributed by atoms with Crippen LogP contribution in [-0.2, 0) is 4.79 Å². The summed E-state index contributed by atoms with van der Waals surface area (Å²) in [6.45, 7) is 1.91. The van der Waals surface area contributed by atoms with Gasteiger partial charge in [0.2, 0.25) is 5.91 Å². The standard InChI is InChI=1S/C24H19BrClN3O2S/c1-24-20(22(30)27-16-11-9-15(26)10-12-16)21(18-7-2-3-8-19(18)31-24)28-23(32)29(24)17-6-4-5-14(25)13-17/h2-13,20-21H,1H3,(H,27,30)(H,28,32)/t20-,21-,24-/m1/s1. The molecular weight excluding hydrogens is 510 g/mol. The Hall–Kier alpha value is -2.61. The number of rotatable bonds is 3. The molecule has 0 unspecified atom stereocenters. The van der Waals surface area contributed by atoms with Crippen molar-refractivity contribution >= 4 is 62.1 Å². The van der Waals surface area contributed by atoms with Crippen LogP contribution in [-0.4, -0.2) is 16.7 Å². The van der Waals surface area contributed by atoms with Gasteiger partial charge in [0.05, 0.1) is 6.04 Å². The van der Waals surface area contributed by atoms with E-state index in [-0.39, 0.29) is 11.9 Å².